The van der Waals surface area contributed by atoms with Gasteiger partial charge in [0.2, 0.25) is 10.0 Å². The van der Waals surface area contributed by atoms with Crippen LogP contribution in [-0.2, 0) is 10.0 Å². The Labute approximate surface area is 96.9 Å². The van der Waals surface area contributed by atoms with Crippen molar-refractivity contribution in [3.8, 4) is 5.75 Å². The van der Waals surface area contributed by atoms with Gasteiger partial charge in [0, 0.05) is 14.1 Å². The lowest BCUT2D eigenvalue weighted by molar-refractivity contribution is 0.338. The summed E-state index contributed by atoms with van der Waals surface area (Å²) in [6.07, 6.45) is 0. The van der Waals surface area contributed by atoms with Crippen LogP contribution in [0.4, 0.5) is 0 Å². The van der Waals surface area contributed by atoms with E-state index in [1.165, 1.54) is 18.4 Å². The average molecular weight is 242 g/mol. The first kappa shape index (κ1) is 13.0. The van der Waals surface area contributed by atoms with Crippen LogP contribution in [0.5, 0.6) is 5.75 Å². The van der Waals surface area contributed by atoms with E-state index in [1.807, 2.05) is 13.0 Å². The first-order chi connectivity index (χ1) is 7.42. The van der Waals surface area contributed by atoms with Crippen molar-refractivity contribution in [3.05, 3.63) is 29.8 Å². The molecule has 0 aliphatic heterocycles. The highest BCUT2D eigenvalue weighted by molar-refractivity contribution is 7.89. The molecule has 89 valence electrons. The third-order valence-electron chi connectivity index (χ3n) is 2.08. The minimum atomic E-state index is -3.18. The van der Waals surface area contributed by atoms with E-state index in [-0.39, 0.29) is 12.4 Å². The molecule has 0 aromatic heterocycles. The van der Waals surface area contributed by atoms with Crippen molar-refractivity contribution in [3.63, 3.8) is 0 Å². The molecule has 0 amide bonds. The maximum atomic E-state index is 11.4. The highest BCUT2D eigenvalue weighted by atomic mass is 32.2. The van der Waals surface area contributed by atoms with Gasteiger partial charge in [0.15, 0.2) is 0 Å². The summed E-state index contributed by atoms with van der Waals surface area (Å²) in [7, 11) is -0.156. The molecule has 0 heterocycles. The Morgan fingerprint density at radius 2 is 2.12 bits per heavy atom. The Hall–Kier alpha value is -1.07. The maximum absolute atomic E-state index is 11.4. The number of hydrogen-bond acceptors (Lipinski definition) is 3. The molecular formula is C11H16NO3S. The zero-order valence-corrected chi connectivity index (χ0v) is 10.5. The second kappa shape index (κ2) is 5.32. The van der Waals surface area contributed by atoms with Crippen molar-refractivity contribution in [2.75, 3.05) is 26.5 Å². The van der Waals surface area contributed by atoms with Crippen LogP contribution in [0.25, 0.3) is 0 Å². The summed E-state index contributed by atoms with van der Waals surface area (Å²) in [5.74, 6) is 0.655. The Balaban J connectivity index is 2.48. The molecular weight excluding hydrogens is 226 g/mol. The van der Waals surface area contributed by atoms with E-state index in [1.54, 1.807) is 12.1 Å². The highest BCUT2D eigenvalue weighted by Gasteiger charge is 2.13. The number of sulfonamides is 1. The lowest BCUT2D eigenvalue weighted by atomic mass is 10.2. The second-order valence-corrected chi connectivity index (χ2v) is 5.96. The van der Waals surface area contributed by atoms with E-state index in [9.17, 15) is 8.42 Å². The third kappa shape index (κ3) is 3.83. The molecule has 0 bridgehead atoms. The summed E-state index contributed by atoms with van der Waals surface area (Å²) in [6, 6.07) is 8.33. The standard InChI is InChI=1S/C11H16NO3S/c1-10-5-4-6-11(9-10)15-7-8-16(13,14)12(2)3/h4,6,9H,7-8H2,1-3H3. The number of ether oxygens (including phenoxy) is 1. The van der Waals surface area contributed by atoms with Gasteiger partial charge in [0.1, 0.15) is 12.4 Å². The van der Waals surface area contributed by atoms with Gasteiger partial charge in [-0.05, 0) is 30.7 Å². The van der Waals surface area contributed by atoms with Gasteiger partial charge in [-0.2, -0.15) is 0 Å². The van der Waals surface area contributed by atoms with Crippen LogP contribution in [0.15, 0.2) is 18.2 Å². The summed E-state index contributed by atoms with van der Waals surface area (Å²) >= 11 is 0. The first-order valence-corrected chi connectivity index (χ1v) is 6.54. The summed E-state index contributed by atoms with van der Waals surface area (Å²) in [4.78, 5) is 0. The number of benzene rings is 1. The monoisotopic (exact) mass is 242 g/mol. The predicted octanol–water partition coefficient (Wildman–Crippen LogP) is 1.07. The predicted molar refractivity (Wildman–Crippen MR) is 63.0 cm³/mol. The molecule has 1 aromatic carbocycles. The fraction of sp³-hybridized carbons (Fsp3) is 0.455. The van der Waals surface area contributed by atoms with Gasteiger partial charge in [-0.1, -0.05) is 6.07 Å². The molecule has 0 aliphatic carbocycles. The van der Waals surface area contributed by atoms with E-state index in [0.29, 0.717) is 5.75 Å². The van der Waals surface area contributed by atoms with Crippen molar-refractivity contribution in [1.82, 2.24) is 4.31 Å². The number of nitrogens with zero attached hydrogens (tertiary/aromatic N) is 1. The van der Waals surface area contributed by atoms with Gasteiger partial charge >= 0.3 is 0 Å². The zero-order chi connectivity index (χ0) is 12.2. The molecule has 0 spiro atoms. The SMILES string of the molecule is Cc1[c]ccc(OCCS(=O)(=O)N(C)C)c1. The smallest absolute Gasteiger partial charge is 0.216 e. The van der Waals surface area contributed by atoms with Crippen molar-refractivity contribution in [1.29, 1.82) is 0 Å². The Kier molecular flexibility index (Phi) is 4.32. The quantitative estimate of drug-likeness (QED) is 0.776. The molecule has 0 N–H and O–H groups in total. The van der Waals surface area contributed by atoms with E-state index in [2.05, 4.69) is 6.07 Å². The van der Waals surface area contributed by atoms with Crippen LogP contribution in [0, 0.1) is 13.0 Å². The molecule has 0 aliphatic rings. The molecule has 0 fully saturated rings. The number of hydrogen-bond donors (Lipinski definition) is 0. The fourth-order valence-electron chi connectivity index (χ4n) is 1.10. The molecule has 1 rings (SSSR count). The summed E-state index contributed by atoms with van der Waals surface area (Å²) in [6.45, 7) is 2.06. The first-order valence-electron chi connectivity index (χ1n) is 4.93. The van der Waals surface area contributed by atoms with Crippen LogP contribution in [0.2, 0.25) is 0 Å². The van der Waals surface area contributed by atoms with Crippen molar-refractivity contribution >= 4 is 10.0 Å². The van der Waals surface area contributed by atoms with Crippen molar-refractivity contribution in [2.24, 2.45) is 0 Å². The molecule has 0 atom stereocenters. The van der Waals surface area contributed by atoms with Crippen molar-refractivity contribution < 1.29 is 13.2 Å². The maximum Gasteiger partial charge on any atom is 0.216 e. The van der Waals surface area contributed by atoms with Gasteiger partial charge in [-0.25, -0.2) is 12.7 Å². The van der Waals surface area contributed by atoms with Gasteiger partial charge in [0.25, 0.3) is 0 Å². The molecule has 0 unspecified atom stereocenters. The average Bonchev–Trinajstić information content (AvgIpc) is 2.17. The van der Waals surface area contributed by atoms with Crippen LogP contribution in [0.3, 0.4) is 0 Å². The van der Waals surface area contributed by atoms with Gasteiger partial charge in [-0.3, -0.25) is 0 Å². The van der Waals surface area contributed by atoms with E-state index >= 15 is 0 Å². The van der Waals surface area contributed by atoms with Crippen LogP contribution in [0.1, 0.15) is 5.56 Å². The summed E-state index contributed by atoms with van der Waals surface area (Å²) in [5, 5.41) is 0. The molecule has 16 heavy (non-hydrogen) atoms. The molecule has 1 aromatic rings. The zero-order valence-electron chi connectivity index (χ0n) is 9.73. The summed E-state index contributed by atoms with van der Waals surface area (Å²) in [5.41, 5.74) is 0.966. The fourth-order valence-corrected chi connectivity index (χ4v) is 1.75. The van der Waals surface area contributed by atoms with E-state index in [0.717, 1.165) is 5.56 Å². The van der Waals surface area contributed by atoms with Crippen LogP contribution >= 0.6 is 0 Å². The lowest BCUT2D eigenvalue weighted by Gasteiger charge is -2.11. The lowest BCUT2D eigenvalue weighted by Crippen LogP contribution is -2.27. The van der Waals surface area contributed by atoms with Crippen LogP contribution < -0.4 is 4.74 Å². The molecule has 0 saturated carbocycles. The molecule has 1 radical (unpaired) electrons. The Bertz CT molecular complexity index is 440. The van der Waals surface area contributed by atoms with Gasteiger partial charge < -0.3 is 4.74 Å². The van der Waals surface area contributed by atoms with Gasteiger partial charge in [0.05, 0.1) is 5.75 Å². The third-order valence-corrected chi connectivity index (χ3v) is 3.88. The molecule has 0 saturated heterocycles. The second-order valence-electron chi connectivity index (χ2n) is 3.65. The largest absolute Gasteiger partial charge is 0.492 e. The number of aryl methyl sites for hydroxylation is 1. The number of rotatable bonds is 5. The van der Waals surface area contributed by atoms with E-state index in [4.69, 9.17) is 4.74 Å². The van der Waals surface area contributed by atoms with Gasteiger partial charge in [-0.15, -0.1) is 0 Å². The van der Waals surface area contributed by atoms with Crippen molar-refractivity contribution in [2.45, 2.75) is 6.92 Å². The highest BCUT2D eigenvalue weighted by Crippen LogP contribution is 2.11. The van der Waals surface area contributed by atoms with E-state index < -0.39 is 10.0 Å². The topological polar surface area (TPSA) is 46.6 Å². The Morgan fingerprint density at radius 1 is 1.44 bits per heavy atom. The summed E-state index contributed by atoms with van der Waals surface area (Å²) < 4.78 is 29.4. The van der Waals surface area contributed by atoms with Crippen LogP contribution in [-0.4, -0.2) is 39.2 Å². The normalized spacial score (nSPS) is 11.8. The minimum Gasteiger partial charge on any atom is -0.492 e. The minimum absolute atomic E-state index is 0.0162. The molecule has 4 nitrogen and oxygen atoms in total. The Morgan fingerprint density at radius 3 is 2.69 bits per heavy atom. The molecule has 5 heteroatoms.